The van der Waals surface area contributed by atoms with Crippen molar-refractivity contribution < 1.29 is 24.2 Å². The minimum Gasteiger partial charge on any atom is -0.487 e. The first-order chi connectivity index (χ1) is 16.5. The molecular weight excluding hydrogens is 434 g/mol. The number of fused-ring (bicyclic) bond motifs is 4. The summed E-state index contributed by atoms with van der Waals surface area (Å²) in [5.74, 6) is 2.56. The van der Waals surface area contributed by atoms with Gasteiger partial charge in [0.1, 0.15) is 29.2 Å². The fourth-order valence-electron chi connectivity index (χ4n) is 4.81. The van der Waals surface area contributed by atoms with Crippen molar-refractivity contribution >= 4 is 17.6 Å². The van der Waals surface area contributed by atoms with Crippen LogP contribution in [0.3, 0.4) is 0 Å². The van der Waals surface area contributed by atoms with Gasteiger partial charge < -0.3 is 25.2 Å². The lowest BCUT2D eigenvalue weighted by atomic mass is 10.0. The lowest BCUT2D eigenvalue weighted by Gasteiger charge is -2.19. The Bertz CT molecular complexity index is 1340. The number of aliphatic hydroxyl groups is 1. The van der Waals surface area contributed by atoms with Crippen molar-refractivity contribution in [2.75, 3.05) is 5.32 Å². The number of hydrogen-bond acceptors (Lipinski definition) is 6. The Balaban J connectivity index is 1.18. The number of rotatable bonds is 5. The molecule has 2 amide bonds. The number of aliphatic hydroxyl groups excluding tert-OH is 1. The average Bonchev–Trinajstić information content (AvgIpc) is 3.35. The second-order valence-corrected chi connectivity index (χ2v) is 8.89. The quantitative estimate of drug-likeness (QED) is 0.543. The molecule has 8 heteroatoms. The van der Waals surface area contributed by atoms with Gasteiger partial charge in [0.05, 0.1) is 18.6 Å². The zero-order chi connectivity index (χ0) is 23.4. The number of anilines is 1. The molecule has 172 valence electrons. The number of ether oxygens (including phenoxy) is 2. The molecule has 0 unspecified atom stereocenters. The summed E-state index contributed by atoms with van der Waals surface area (Å²) in [6, 6.07) is 12.7. The summed E-state index contributed by atoms with van der Waals surface area (Å²) in [5, 5.41) is 15.2. The molecule has 3 aliphatic rings. The summed E-state index contributed by atoms with van der Waals surface area (Å²) in [4.78, 5) is 28.7. The molecule has 0 bridgehead atoms. The molecule has 8 nitrogen and oxygen atoms in total. The number of aromatic nitrogens is 1. The minimum atomic E-state index is -0.157. The van der Waals surface area contributed by atoms with E-state index in [-0.39, 0.29) is 36.5 Å². The molecule has 2 aromatic carbocycles. The van der Waals surface area contributed by atoms with E-state index in [4.69, 9.17) is 9.47 Å². The molecule has 3 heterocycles. The average molecular weight is 457 g/mol. The van der Waals surface area contributed by atoms with Crippen LogP contribution in [0.25, 0.3) is 0 Å². The number of benzene rings is 2. The Labute approximate surface area is 195 Å². The molecule has 34 heavy (non-hydrogen) atoms. The van der Waals surface area contributed by atoms with E-state index >= 15 is 0 Å². The lowest BCUT2D eigenvalue weighted by Crippen LogP contribution is -2.30. The van der Waals surface area contributed by atoms with Gasteiger partial charge in [-0.2, -0.15) is 0 Å². The Kier molecular flexibility index (Phi) is 4.77. The van der Waals surface area contributed by atoms with Crippen LogP contribution < -0.4 is 20.1 Å². The highest BCUT2D eigenvalue weighted by Crippen LogP contribution is 2.54. The number of hydrogen-bond donors (Lipinski definition) is 3. The van der Waals surface area contributed by atoms with E-state index in [0.29, 0.717) is 35.7 Å². The van der Waals surface area contributed by atoms with Gasteiger partial charge in [-0.25, -0.2) is 4.98 Å². The minimum absolute atomic E-state index is 0.0424. The molecule has 6 rings (SSSR count). The van der Waals surface area contributed by atoms with Gasteiger partial charge in [0.2, 0.25) is 5.91 Å². The van der Waals surface area contributed by atoms with Crippen LogP contribution in [0.5, 0.6) is 17.2 Å². The van der Waals surface area contributed by atoms with Crippen LogP contribution >= 0.6 is 0 Å². The van der Waals surface area contributed by atoms with Crippen LogP contribution in [0.2, 0.25) is 0 Å². The van der Waals surface area contributed by atoms with E-state index in [0.717, 1.165) is 28.0 Å². The van der Waals surface area contributed by atoms with Gasteiger partial charge in [0.25, 0.3) is 5.91 Å². The van der Waals surface area contributed by atoms with Crippen molar-refractivity contribution in [1.82, 2.24) is 10.3 Å². The Morgan fingerprint density at radius 2 is 2.12 bits per heavy atom. The molecular formula is C26H23N3O5. The summed E-state index contributed by atoms with van der Waals surface area (Å²) in [7, 11) is 0. The van der Waals surface area contributed by atoms with Gasteiger partial charge in [-0.3, -0.25) is 9.59 Å². The van der Waals surface area contributed by atoms with Crippen molar-refractivity contribution in [1.29, 1.82) is 0 Å². The van der Waals surface area contributed by atoms with Crippen LogP contribution in [-0.2, 0) is 17.8 Å². The molecule has 3 atom stereocenters. The topological polar surface area (TPSA) is 110 Å². The van der Waals surface area contributed by atoms with E-state index in [1.807, 2.05) is 25.1 Å². The number of pyridine rings is 1. The van der Waals surface area contributed by atoms with Crippen LogP contribution in [0.1, 0.15) is 45.0 Å². The zero-order valence-electron chi connectivity index (χ0n) is 18.5. The number of amides is 2. The summed E-state index contributed by atoms with van der Waals surface area (Å²) in [5.41, 5.74) is 4.15. The molecule has 1 fully saturated rings. The van der Waals surface area contributed by atoms with E-state index < -0.39 is 0 Å². The molecule has 3 aromatic rings. The van der Waals surface area contributed by atoms with Crippen molar-refractivity contribution in [2.45, 2.75) is 44.4 Å². The summed E-state index contributed by atoms with van der Waals surface area (Å²) in [6.45, 7) is 1.83. The molecule has 1 saturated carbocycles. The van der Waals surface area contributed by atoms with E-state index in [1.165, 1.54) is 0 Å². The van der Waals surface area contributed by atoms with Crippen molar-refractivity contribution in [2.24, 2.45) is 0 Å². The molecule has 1 aromatic heterocycles. The maximum atomic E-state index is 12.8. The first-order valence-corrected chi connectivity index (χ1v) is 11.3. The molecule has 0 spiro atoms. The van der Waals surface area contributed by atoms with Crippen molar-refractivity contribution in [3.05, 3.63) is 76.5 Å². The number of carbonyl (C=O) groups excluding carboxylic acids is 2. The smallest absolute Gasteiger partial charge is 0.251 e. The zero-order valence-corrected chi connectivity index (χ0v) is 18.5. The van der Waals surface area contributed by atoms with Gasteiger partial charge in [0, 0.05) is 29.3 Å². The fourth-order valence-corrected chi connectivity index (χ4v) is 4.81. The Morgan fingerprint density at radius 3 is 2.94 bits per heavy atom. The molecule has 0 saturated heterocycles. The third-order valence-corrected chi connectivity index (χ3v) is 6.73. The number of nitrogens with one attached hydrogen (secondary N) is 2. The molecule has 1 aliphatic carbocycles. The first kappa shape index (κ1) is 20.7. The van der Waals surface area contributed by atoms with Gasteiger partial charge in [-0.15, -0.1) is 0 Å². The predicted octanol–water partition coefficient (Wildman–Crippen LogP) is 3.22. The highest BCUT2D eigenvalue weighted by Gasteiger charge is 2.59. The molecule has 2 aliphatic heterocycles. The summed E-state index contributed by atoms with van der Waals surface area (Å²) >= 11 is 0. The fraction of sp³-hybridized carbons (Fsp3) is 0.269. The highest BCUT2D eigenvalue weighted by atomic mass is 16.5. The van der Waals surface area contributed by atoms with Crippen LogP contribution in [0.4, 0.5) is 5.82 Å². The normalized spacial score (nSPS) is 21.5. The van der Waals surface area contributed by atoms with Crippen LogP contribution in [0, 0.1) is 6.92 Å². The number of nitrogens with zero attached hydrogens (tertiary/aromatic N) is 1. The maximum Gasteiger partial charge on any atom is 0.251 e. The third-order valence-electron chi connectivity index (χ3n) is 6.73. The van der Waals surface area contributed by atoms with Crippen LogP contribution in [0.15, 0.2) is 48.7 Å². The van der Waals surface area contributed by atoms with Gasteiger partial charge in [-0.1, -0.05) is 6.07 Å². The Morgan fingerprint density at radius 1 is 1.24 bits per heavy atom. The van der Waals surface area contributed by atoms with Crippen molar-refractivity contribution in [3.63, 3.8) is 0 Å². The second kappa shape index (κ2) is 7.85. The van der Waals surface area contributed by atoms with Gasteiger partial charge >= 0.3 is 0 Å². The first-order valence-electron chi connectivity index (χ1n) is 11.3. The van der Waals surface area contributed by atoms with E-state index in [2.05, 4.69) is 15.6 Å². The summed E-state index contributed by atoms with van der Waals surface area (Å²) < 4.78 is 12.2. The maximum absolute atomic E-state index is 12.8. The summed E-state index contributed by atoms with van der Waals surface area (Å²) in [6.07, 6.45) is 2.51. The van der Waals surface area contributed by atoms with E-state index in [9.17, 15) is 14.7 Å². The van der Waals surface area contributed by atoms with Crippen LogP contribution in [-0.4, -0.2) is 34.1 Å². The monoisotopic (exact) mass is 457 g/mol. The van der Waals surface area contributed by atoms with Crippen molar-refractivity contribution in [3.8, 4) is 17.2 Å². The Hall–Kier alpha value is -3.91. The van der Waals surface area contributed by atoms with Gasteiger partial charge in [0.15, 0.2) is 0 Å². The van der Waals surface area contributed by atoms with E-state index in [1.54, 1.807) is 30.5 Å². The lowest BCUT2D eigenvalue weighted by molar-refractivity contribution is -0.116. The second-order valence-electron chi connectivity index (χ2n) is 8.89. The predicted molar refractivity (Wildman–Crippen MR) is 123 cm³/mol. The standard InChI is InChI=1S/C26H23N3O5/c1-13-10-14(2-3-15(13)12-30)26(32)29-23-22-18-11-16(4-6-19(18)34-24(22)23)33-20-8-9-27-25-17(20)5-7-21(31)28-25/h2-4,6,8-11,22-24,30H,5,7,12H2,1H3,(H,29,32)(H,27,28,31)/t22-,23+,24-/m0/s1. The SMILES string of the molecule is Cc1cc(C(=O)N[C@H]2[C@H]3Oc4ccc(Oc5ccnc6c5CCC(=O)N6)cc4[C@@H]23)ccc1CO. The molecule has 0 radical (unpaired) electrons. The molecule has 3 N–H and O–H groups in total. The number of carbonyl (C=O) groups is 2. The third kappa shape index (κ3) is 3.47. The largest absolute Gasteiger partial charge is 0.487 e. The van der Waals surface area contributed by atoms with Gasteiger partial charge in [-0.05, 0) is 60.9 Å². The highest BCUT2D eigenvalue weighted by molar-refractivity contribution is 5.95. The number of aryl methyl sites for hydroxylation is 1.